The van der Waals surface area contributed by atoms with E-state index in [9.17, 15) is 15.3 Å². The molecule has 0 rings (SSSR count). The Morgan fingerprint density at radius 1 is 0.475 bits per heavy atom. The lowest BCUT2D eigenvalue weighted by Crippen LogP contribution is -2.32. The van der Waals surface area contributed by atoms with Crippen LogP contribution >= 0.6 is 0 Å². The predicted octanol–water partition coefficient (Wildman–Crippen LogP) is 9.81. The molecule has 0 heterocycles. The Bertz CT molecular complexity index is 497. The molecule has 0 saturated heterocycles. The topological polar surface area (TPSA) is 80.9 Å². The number of hydrogen-bond acceptors (Lipinski definition) is 4. The van der Waals surface area contributed by atoms with E-state index >= 15 is 0 Å². The zero-order chi connectivity index (χ0) is 29.5. The quantitative estimate of drug-likeness (QED) is 0.0469. The fraction of sp³-hybridized carbons (Fsp3) is 0.944. The van der Waals surface area contributed by atoms with Crippen molar-refractivity contribution in [2.24, 2.45) is 5.92 Å². The molecule has 0 fully saturated rings. The van der Waals surface area contributed by atoms with E-state index in [1.165, 1.54) is 103 Å². The first kappa shape index (κ1) is 39.6. The van der Waals surface area contributed by atoms with Gasteiger partial charge in [0.15, 0.2) is 0 Å². The summed E-state index contributed by atoms with van der Waals surface area (Å²) in [6, 6.07) is 0. The second-order valence-corrected chi connectivity index (χ2v) is 12.6. The molecule has 0 aliphatic rings. The minimum atomic E-state index is -0.726. The number of allylic oxidation sites excluding steroid dienone is 1. The van der Waals surface area contributed by atoms with E-state index in [0.29, 0.717) is 19.4 Å². The van der Waals surface area contributed by atoms with Crippen molar-refractivity contribution in [3.8, 4) is 0 Å². The highest BCUT2D eigenvalue weighted by molar-refractivity contribution is 4.77. The van der Waals surface area contributed by atoms with Gasteiger partial charge in [0.1, 0.15) is 0 Å². The lowest BCUT2D eigenvalue weighted by molar-refractivity contribution is -0.0207. The molecule has 4 heteroatoms. The van der Waals surface area contributed by atoms with Crippen LogP contribution in [0.3, 0.4) is 0 Å². The van der Waals surface area contributed by atoms with E-state index in [4.69, 9.17) is 5.11 Å². The van der Waals surface area contributed by atoms with Crippen LogP contribution < -0.4 is 0 Å². The second-order valence-electron chi connectivity index (χ2n) is 12.6. The first-order valence-corrected chi connectivity index (χ1v) is 17.8. The summed E-state index contributed by atoms with van der Waals surface area (Å²) >= 11 is 0. The molecule has 0 radical (unpaired) electrons. The van der Waals surface area contributed by atoms with E-state index in [1.54, 1.807) is 0 Å². The molecule has 0 aromatic rings. The maximum atomic E-state index is 11.0. The van der Waals surface area contributed by atoms with Gasteiger partial charge in [0.25, 0.3) is 0 Å². The summed E-state index contributed by atoms with van der Waals surface area (Å²) in [5.74, 6) is 0.0923. The fourth-order valence-corrected chi connectivity index (χ4v) is 5.96. The molecule has 4 N–H and O–H groups in total. The van der Waals surface area contributed by atoms with Crippen LogP contribution in [0.15, 0.2) is 12.7 Å². The van der Waals surface area contributed by atoms with Gasteiger partial charge in [0.2, 0.25) is 0 Å². The third kappa shape index (κ3) is 26.5. The molecule has 0 amide bonds. The normalized spacial score (nSPS) is 14.7. The van der Waals surface area contributed by atoms with Gasteiger partial charge in [-0.25, -0.2) is 0 Å². The minimum Gasteiger partial charge on any atom is -0.396 e. The summed E-state index contributed by atoms with van der Waals surface area (Å²) in [5, 5.41) is 41.0. The Morgan fingerprint density at radius 3 is 1.35 bits per heavy atom. The largest absolute Gasteiger partial charge is 0.396 e. The summed E-state index contributed by atoms with van der Waals surface area (Å²) in [6.45, 7) is 6.32. The second kappa shape index (κ2) is 31.5. The summed E-state index contributed by atoms with van der Waals surface area (Å²) < 4.78 is 0. The van der Waals surface area contributed by atoms with Gasteiger partial charge >= 0.3 is 0 Å². The zero-order valence-corrected chi connectivity index (χ0v) is 26.9. The average molecular weight is 569 g/mol. The first-order chi connectivity index (χ1) is 19.6. The van der Waals surface area contributed by atoms with Crippen LogP contribution in [-0.4, -0.2) is 45.3 Å². The Labute approximate surface area is 250 Å². The molecule has 0 saturated carbocycles. The van der Waals surface area contributed by atoms with Gasteiger partial charge in [-0.3, -0.25) is 0 Å². The van der Waals surface area contributed by atoms with Gasteiger partial charge < -0.3 is 20.4 Å². The third-order valence-corrected chi connectivity index (χ3v) is 8.78. The standard InChI is InChI=1S/C36H72O4/c1-3-5-7-9-21-26-30-35(39)36(40)32-33(28-24-8-6-4-2)34(38)29-25-22-19-17-15-13-11-10-12-14-16-18-20-23-27-31-37/h3,33-40H,1,4-32H2,2H3. The van der Waals surface area contributed by atoms with Crippen LogP contribution in [0.25, 0.3) is 0 Å². The molecular formula is C36H72O4. The Hall–Kier alpha value is -0.420. The van der Waals surface area contributed by atoms with Crippen LogP contribution in [-0.2, 0) is 0 Å². The van der Waals surface area contributed by atoms with Crippen molar-refractivity contribution in [2.45, 2.75) is 205 Å². The lowest BCUT2D eigenvalue weighted by Gasteiger charge is -2.27. The molecule has 0 spiro atoms. The average Bonchev–Trinajstić information content (AvgIpc) is 2.95. The smallest absolute Gasteiger partial charge is 0.0802 e. The Balaban J connectivity index is 4.00. The summed E-state index contributed by atoms with van der Waals surface area (Å²) in [7, 11) is 0. The molecule has 4 nitrogen and oxygen atoms in total. The van der Waals surface area contributed by atoms with Gasteiger partial charge in [-0.15, -0.1) is 6.58 Å². The summed E-state index contributed by atoms with van der Waals surface area (Å²) in [6.07, 6.45) is 32.4. The van der Waals surface area contributed by atoms with Gasteiger partial charge in [-0.05, 0) is 50.9 Å². The molecule has 0 aromatic carbocycles. The SMILES string of the molecule is C=CCCCCCCC(O)C(O)CC(CCCCCC)C(O)CCCCCCCCCCCCCCCCCO. The number of rotatable bonds is 33. The molecule has 0 aromatic heterocycles. The van der Waals surface area contributed by atoms with Crippen molar-refractivity contribution in [3.63, 3.8) is 0 Å². The van der Waals surface area contributed by atoms with E-state index in [1.807, 2.05) is 6.08 Å². The van der Waals surface area contributed by atoms with Crippen LogP contribution in [0, 0.1) is 5.92 Å². The maximum Gasteiger partial charge on any atom is 0.0802 e. The van der Waals surface area contributed by atoms with Gasteiger partial charge in [0, 0.05) is 6.61 Å². The number of hydrogen-bond donors (Lipinski definition) is 4. The molecule has 240 valence electrons. The highest BCUT2D eigenvalue weighted by Crippen LogP contribution is 2.26. The highest BCUT2D eigenvalue weighted by atomic mass is 16.3. The van der Waals surface area contributed by atoms with Crippen LogP contribution in [0.1, 0.15) is 187 Å². The summed E-state index contributed by atoms with van der Waals surface area (Å²) in [4.78, 5) is 0. The molecule has 0 aliphatic carbocycles. The number of aliphatic hydroxyl groups is 4. The van der Waals surface area contributed by atoms with Crippen LogP contribution in [0.2, 0.25) is 0 Å². The fourth-order valence-electron chi connectivity index (χ4n) is 5.96. The molecular weight excluding hydrogens is 496 g/mol. The predicted molar refractivity (Wildman–Crippen MR) is 174 cm³/mol. The third-order valence-electron chi connectivity index (χ3n) is 8.78. The zero-order valence-electron chi connectivity index (χ0n) is 26.9. The Kier molecular flexibility index (Phi) is 31.2. The van der Waals surface area contributed by atoms with Crippen LogP contribution in [0.5, 0.6) is 0 Å². The lowest BCUT2D eigenvalue weighted by atomic mass is 9.85. The van der Waals surface area contributed by atoms with Gasteiger partial charge in [-0.2, -0.15) is 0 Å². The van der Waals surface area contributed by atoms with E-state index in [2.05, 4.69) is 13.5 Å². The van der Waals surface area contributed by atoms with Gasteiger partial charge in [0.05, 0.1) is 18.3 Å². The maximum absolute atomic E-state index is 11.0. The summed E-state index contributed by atoms with van der Waals surface area (Å²) in [5.41, 5.74) is 0. The van der Waals surface area contributed by atoms with Crippen molar-refractivity contribution in [1.82, 2.24) is 0 Å². The van der Waals surface area contributed by atoms with E-state index in [-0.39, 0.29) is 12.0 Å². The first-order valence-electron chi connectivity index (χ1n) is 17.8. The van der Waals surface area contributed by atoms with Crippen molar-refractivity contribution < 1.29 is 20.4 Å². The number of unbranched alkanes of at least 4 members (excludes halogenated alkanes) is 21. The molecule has 40 heavy (non-hydrogen) atoms. The number of aliphatic hydroxyl groups excluding tert-OH is 4. The van der Waals surface area contributed by atoms with Crippen molar-refractivity contribution >= 4 is 0 Å². The highest BCUT2D eigenvalue weighted by Gasteiger charge is 2.25. The van der Waals surface area contributed by atoms with E-state index < -0.39 is 12.2 Å². The van der Waals surface area contributed by atoms with E-state index in [0.717, 1.165) is 64.2 Å². The van der Waals surface area contributed by atoms with Gasteiger partial charge in [-0.1, -0.05) is 148 Å². The molecule has 0 bridgehead atoms. The minimum absolute atomic E-state index is 0.0923. The molecule has 4 unspecified atom stereocenters. The van der Waals surface area contributed by atoms with Crippen LogP contribution in [0.4, 0.5) is 0 Å². The van der Waals surface area contributed by atoms with Crippen molar-refractivity contribution in [2.75, 3.05) is 6.61 Å². The van der Waals surface area contributed by atoms with Crippen molar-refractivity contribution in [1.29, 1.82) is 0 Å². The molecule has 0 aliphatic heterocycles. The molecule has 4 atom stereocenters. The monoisotopic (exact) mass is 569 g/mol. The Morgan fingerprint density at radius 2 is 0.875 bits per heavy atom. The van der Waals surface area contributed by atoms with Crippen molar-refractivity contribution in [3.05, 3.63) is 12.7 Å².